The zero-order valence-corrected chi connectivity index (χ0v) is 11.1. The fourth-order valence-electron chi connectivity index (χ4n) is 2.17. The fraction of sp³-hybridized carbons (Fsp3) is 0.500. The largest absolute Gasteiger partial charge is 0.383 e. The van der Waals surface area contributed by atoms with Crippen molar-refractivity contribution in [2.45, 2.75) is 19.5 Å². The zero-order chi connectivity index (χ0) is 12.5. The van der Waals surface area contributed by atoms with Gasteiger partial charge in [0.1, 0.15) is 16.5 Å². The molecule has 1 saturated heterocycles. The molecule has 1 unspecified atom stereocenters. The van der Waals surface area contributed by atoms with Crippen molar-refractivity contribution in [2.24, 2.45) is 0 Å². The monoisotopic (exact) mass is 264 g/mol. The predicted molar refractivity (Wildman–Crippen MR) is 72.5 cm³/mol. The molecule has 0 aromatic carbocycles. The average molecular weight is 264 g/mol. The number of morpholine rings is 1. The van der Waals surface area contributed by atoms with Crippen LogP contribution in [0.1, 0.15) is 12.7 Å². The van der Waals surface area contributed by atoms with Crippen LogP contribution in [0.15, 0.2) is 11.4 Å². The Labute approximate surface area is 110 Å². The maximum atomic E-state index is 5.95. The molecule has 0 amide bonds. The van der Waals surface area contributed by atoms with Crippen LogP contribution in [-0.4, -0.2) is 40.7 Å². The van der Waals surface area contributed by atoms with Gasteiger partial charge in [-0.05, 0) is 18.4 Å². The number of ether oxygens (including phenoxy) is 1. The molecule has 2 aromatic rings. The quantitative estimate of drug-likeness (QED) is 0.890. The van der Waals surface area contributed by atoms with Crippen molar-refractivity contribution < 1.29 is 4.74 Å². The third-order valence-electron chi connectivity index (χ3n) is 3.25. The summed E-state index contributed by atoms with van der Waals surface area (Å²) in [6, 6.07) is 2.37. The van der Waals surface area contributed by atoms with Gasteiger partial charge in [0.05, 0.1) is 25.1 Å². The zero-order valence-electron chi connectivity index (χ0n) is 10.3. The van der Waals surface area contributed by atoms with Crippen molar-refractivity contribution in [3.63, 3.8) is 0 Å². The highest BCUT2D eigenvalue weighted by atomic mass is 32.1. The summed E-state index contributed by atoms with van der Waals surface area (Å²) >= 11 is 1.60. The Hall–Kier alpha value is -1.24. The Kier molecular flexibility index (Phi) is 3.15. The lowest BCUT2D eigenvalue weighted by molar-refractivity contribution is -0.00542. The molecule has 1 fully saturated rings. The maximum Gasteiger partial charge on any atom is 0.146 e. The lowest BCUT2D eigenvalue weighted by Gasteiger charge is -2.32. The number of hydrogen-bond acceptors (Lipinski definition) is 6. The van der Waals surface area contributed by atoms with Gasteiger partial charge in [-0.25, -0.2) is 9.97 Å². The Morgan fingerprint density at radius 3 is 3.28 bits per heavy atom. The maximum absolute atomic E-state index is 5.95. The molecule has 6 heteroatoms. The minimum atomic E-state index is 0.405. The van der Waals surface area contributed by atoms with Gasteiger partial charge in [-0.1, -0.05) is 0 Å². The van der Waals surface area contributed by atoms with E-state index in [9.17, 15) is 0 Å². The minimum absolute atomic E-state index is 0.405. The summed E-state index contributed by atoms with van der Waals surface area (Å²) < 4.78 is 5.43. The van der Waals surface area contributed by atoms with Crippen LogP contribution in [0, 0.1) is 0 Å². The van der Waals surface area contributed by atoms with Crippen LogP contribution < -0.4 is 5.73 Å². The van der Waals surface area contributed by atoms with Crippen LogP contribution in [0.2, 0.25) is 0 Å². The molecule has 1 aliphatic rings. The SMILES string of the molecule is CC1COCCN1Cc1nc(N)c2ccsc2n1. The van der Waals surface area contributed by atoms with Crippen molar-refractivity contribution in [1.82, 2.24) is 14.9 Å². The standard InChI is InChI=1S/C12H16N4OS/c1-8-7-17-4-3-16(8)6-10-14-11(13)9-2-5-18-12(9)15-10/h2,5,8H,3-4,6-7H2,1H3,(H2,13,14,15). The van der Waals surface area contributed by atoms with Gasteiger partial charge in [-0.2, -0.15) is 0 Å². The number of thiophene rings is 1. The smallest absolute Gasteiger partial charge is 0.146 e. The molecule has 1 atom stereocenters. The second-order valence-corrected chi connectivity index (χ2v) is 5.45. The van der Waals surface area contributed by atoms with E-state index in [2.05, 4.69) is 21.8 Å². The molecule has 2 aromatic heterocycles. The first-order valence-electron chi connectivity index (χ1n) is 6.05. The number of nitrogen functional groups attached to an aromatic ring is 1. The summed E-state index contributed by atoms with van der Waals surface area (Å²) in [4.78, 5) is 12.3. The normalized spacial score (nSPS) is 21.5. The second kappa shape index (κ2) is 4.79. The third-order valence-corrected chi connectivity index (χ3v) is 4.06. The fourth-order valence-corrected chi connectivity index (χ4v) is 2.96. The van der Waals surface area contributed by atoms with E-state index in [1.807, 2.05) is 11.4 Å². The highest BCUT2D eigenvalue weighted by molar-refractivity contribution is 7.16. The van der Waals surface area contributed by atoms with Crippen LogP contribution in [-0.2, 0) is 11.3 Å². The molecule has 0 radical (unpaired) electrons. The Morgan fingerprint density at radius 1 is 1.56 bits per heavy atom. The lowest BCUT2D eigenvalue weighted by Crippen LogP contribution is -2.43. The minimum Gasteiger partial charge on any atom is -0.383 e. The van der Waals surface area contributed by atoms with Crippen molar-refractivity contribution in [2.75, 3.05) is 25.5 Å². The molecule has 0 aliphatic carbocycles. The van der Waals surface area contributed by atoms with E-state index < -0.39 is 0 Å². The summed E-state index contributed by atoms with van der Waals surface area (Å²) in [5.74, 6) is 1.38. The molecule has 96 valence electrons. The van der Waals surface area contributed by atoms with Crippen LogP contribution in [0.4, 0.5) is 5.82 Å². The first-order chi connectivity index (χ1) is 8.74. The molecule has 1 aliphatic heterocycles. The van der Waals surface area contributed by atoms with Crippen molar-refractivity contribution in [3.05, 3.63) is 17.3 Å². The number of nitrogens with zero attached hydrogens (tertiary/aromatic N) is 3. The Morgan fingerprint density at radius 2 is 2.44 bits per heavy atom. The molecule has 0 spiro atoms. The van der Waals surface area contributed by atoms with E-state index in [0.29, 0.717) is 11.9 Å². The molecule has 18 heavy (non-hydrogen) atoms. The molecular formula is C12H16N4OS. The van der Waals surface area contributed by atoms with Crippen molar-refractivity contribution in [1.29, 1.82) is 0 Å². The van der Waals surface area contributed by atoms with E-state index in [-0.39, 0.29) is 0 Å². The molecule has 0 saturated carbocycles. The van der Waals surface area contributed by atoms with Gasteiger partial charge in [-0.3, -0.25) is 4.90 Å². The van der Waals surface area contributed by atoms with Crippen LogP contribution in [0.3, 0.4) is 0 Å². The van der Waals surface area contributed by atoms with Crippen LogP contribution in [0.5, 0.6) is 0 Å². The number of rotatable bonds is 2. The van der Waals surface area contributed by atoms with Gasteiger partial charge in [0.15, 0.2) is 0 Å². The van der Waals surface area contributed by atoms with Crippen molar-refractivity contribution >= 4 is 27.4 Å². The Balaban J connectivity index is 1.85. The Bertz CT molecular complexity index is 556. The predicted octanol–water partition coefficient (Wildman–Crippen LogP) is 1.49. The van der Waals surface area contributed by atoms with Crippen LogP contribution in [0.25, 0.3) is 10.2 Å². The molecule has 0 bridgehead atoms. The van der Waals surface area contributed by atoms with E-state index in [1.165, 1.54) is 0 Å². The van der Waals surface area contributed by atoms with Gasteiger partial charge >= 0.3 is 0 Å². The number of anilines is 1. The van der Waals surface area contributed by atoms with E-state index in [1.54, 1.807) is 11.3 Å². The van der Waals surface area contributed by atoms with Gasteiger partial charge in [0.2, 0.25) is 0 Å². The molecular weight excluding hydrogens is 248 g/mol. The average Bonchev–Trinajstić information content (AvgIpc) is 2.81. The third kappa shape index (κ3) is 2.19. The first-order valence-corrected chi connectivity index (χ1v) is 6.93. The van der Waals surface area contributed by atoms with Gasteiger partial charge in [-0.15, -0.1) is 11.3 Å². The highest BCUT2D eigenvalue weighted by Gasteiger charge is 2.20. The summed E-state index contributed by atoms with van der Waals surface area (Å²) in [6.07, 6.45) is 0. The van der Waals surface area contributed by atoms with Gasteiger partial charge in [0, 0.05) is 12.6 Å². The summed E-state index contributed by atoms with van der Waals surface area (Å²) in [6.45, 7) is 5.37. The summed E-state index contributed by atoms with van der Waals surface area (Å²) in [5.41, 5.74) is 5.95. The number of hydrogen-bond donors (Lipinski definition) is 1. The van der Waals surface area contributed by atoms with Gasteiger partial charge in [0.25, 0.3) is 0 Å². The molecule has 3 rings (SSSR count). The van der Waals surface area contributed by atoms with Crippen molar-refractivity contribution in [3.8, 4) is 0 Å². The molecule has 3 heterocycles. The summed E-state index contributed by atoms with van der Waals surface area (Å²) in [7, 11) is 0. The van der Waals surface area contributed by atoms with E-state index in [0.717, 1.165) is 42.3 Å². The first kappa shape index (κ1) is 11.8. The second-order valence-electron chi connectivity index (χ2n) is 4.56. The van der Waals surface area contributed by atoms with E-state index in [4.69, 9.17) is 10.5 Å². The number of fused-ring (bicyclic) bond motifs is 1. The van der Waals surface area contributed by atoms with E-state index >= 15 is 0 Å². The highest BCUT2D eigenvalue weighted by Crippen LogP contribution is 2.23. The number of aromatic nitrogens is 2. The van der Waals surface area contributed by atoms with Gasteiger partial charge < -0.3 is 10.5 Å². The number of nitrogens with two attached hydrogens (primary N) is 1. The van der Waals surface area contributed by atoms with Crippen LogP contribution >= 0.6 is 11.3 Å². The molecule has 5 nitrogen and oxygen atoms in total. The topological polar surface area (TPSA) is 64.3 Å². The lowest BCUT2D eigenvalue weighted by atomic mass is 10.2. The molecule has 2 N–H and O–H groups in total. The summed E-state index contributed by atoms with van der Waals surface area (Å²) in [5, 5.41) is 2.95.